The van der Waals surface area contributed by atoms with E-state index in [0.717, 1.165) is 12.1 Å². The van der Waals surface area contributed by atoms with Crippen LogP contribution in [0.15, 0.2) is 6.20 Å². The fourth-order valence-electron chi connectivity index (χ4n) is 1.78. The molecule has 0 aliphatic carbocycles. The lowest BCUT2D eigenvalue weighted by atomic mass is 10.2. The number of carbonyl (C=O) groups excluding carboxylic acids is 1. The van der Waals surface area contributed by atoms with Gasteiger partial charge < -0.3 is 15.4 Å². The first-order chi connectivity index (χ1) is 8.60. The van der Waals surface area contributed by atoms with Crippen LogP contribution in [-0.2, 0) is 11.8 Å². The van der Waals surface area contributed by atoms with Crippen LogP contribution in [0.25, 0.3) is 0 Å². The van der Waals surface area contributed by atoms with Gasteiger partial charge in [0.05, 0.1) is 17.9 Å². The number of aryl methyl sites for hydroxylation is 2. The normalized spacial score (nSPS) is 10.7. The molecule has 6 heteroatoms. The lowest BCUT2D eigenvalue weighted by molar-refractivity contribution is 0.0694. The van der Waals surface area contributed by atoms with Gasteiger partial charge in [0.25, 0.3) is 5.91 Å². The molecule has 102 valence electrons. The number of aromatic nitrogens is 2. The molecule has 1 aromatic rings. The Morgan fingerprint density at radius 3 is 2.78 bits per heavy atom. The number of methoxy groups -OCH3 is 1. The van der Waals surface area contributed by atoms with Crippen LogP contribution in [0.5, 0.6) is 0 Å². The van der Waals surface area contributed by atoms with Crippen molar-refractivity contribution in [1.29, 1.82) is 0 Å². The van der Waals surface area contributed by atoms with Crippen LogP contribution in [0, 0.1) is 6.92 Å². The molecule has 1 heterocycles. The van der Waals surface area contributed by atoms with Gasteiger partial charge >= 0.3 is 0 Å². The highest BCUT2D eigenvalue weighted by atomic mass is 16.5. The topological polar surface area (TPSA) is 73.4 Å². The highest BCUT2D eigenvalue weighted by molar-refractivity contribution is 5.95. The van der Waals surface area contributed by atoms with E-state index in [9.17, 15) is 4.79 Å². The molecule has 0 atom stereocenters. The fourth-order valence-corrected chi connectivity index (χ4v) is 1.78. The summed E-state index contributed by atoms with van der Waals surface area (Å²) in [5.41, 5.74) is 6.88. The molecule has 0 aliphatic rings. The summed E-state index contributed by atoms with van der Waals surface area (Å²) in [6.45, 7) is 4.15. The summed E-state index contributed by atoms with van der Waals surface area (Å²) in [7, 11) is 3.43. The summed E-state index contributed by atoms with van der Waals surface area (Å²) in [5, 5.41) is 4.19. The van der Waals surface area contributed by atoms with Crippen molar-refractivity contribution in [2.45, 2.75) is 13.3 Å². The van der Waals surface area contributed by atoms with E-state index in [4.69, 9.17) is 10.5 Å². The number of nitrogens with zero attached hydrogens (tertiary/aromatic N) is 3. The van der Waals surface area contributed by atoms with Gasteiger partial charge in [0.2, 0.25) is 0 Å². The van der Waals surface area contributed by atoms with E-state index in [2.05, 4.69) is 5.10 Å². The van der Waals surface area contributed by atoms with Crippen molar-refractivity contribution >= 4 is 5.91 Å². The molecule has 1 amide bonds. The Morgan fingerprint density at radius 1 is 1.56 bits per heavy atom. The van der Waals surface area contributed by atoms with E-state index < -0.39 is 0 Å². The van der Waals surface area contributed by atoms with E-state index in [0.29, 0.717) is 31.8 Å². The monoisotopic (exact) mass is 254 g/mol. The third-order valence-electron chi connectivity index (χ3n) is 2.73. The van der Waals surface area contributed by atoms with Crippen LogP contribution in [0.4, 0.5) is 0 Å². The molecule has 0 aromatic carbocycles. The molecule has 2 N–H and O–H groups in total. The second-order valence-electron chi connectivity index (χ2n) is 4.23. The zero-order chi connectivity index (χ0) is 13.5. The molecule has 0 bridgehead atoms. The Bertz CT molecular complexity index is 381. The zero-order valence-electron chi connectivity index (χ0n) is 11.3. The average molecular weight is 254 g/mol. The molecule has 0 saturated carbocycles. The van der Waals surface area contributed by atoms with Gasteiger partial charge in [-0.15, -0.1) is 0 Å². The summed E-state index contributed by atoms with van der Waals surface area (Å²) in [6.07, 6.45) is 2.54. The summed E-state index contributed by atoms with van der Waals surface area (Å²) in [5.74, 6) is -0.00824. The van der Waals surface area contributed by atoms with Crippen molar-refractivity contribution in [3.05, 3.63) is 17.5 Å². The third kappa shape index (κ3) is 3.82. The molecule has 0 fully saturated rings. The Morgan fingerprint density at radius 2 is 2.28 bits per heavy atom. The standard InChI is InChI=1S/C12H22N4O2/c1-10-11(9-15(2)14-10)12(17)16(6-4-5-13)7-8-18-3/h9H,4-8,13H2,1-3H3. The van der Waals surface area contributed by atoms with Crippen molar-refractivity contribution in [2.75, 3.05) is 33.4 Å². The van der Waals surface area contributed by atoms with Gasteiger partial charge in [-0.25, -0.2) is 0 Å². The maximum atomic E-state index is 12.4. The molecule has 0 unspecified atom stereocenters. The SMILES string of the molecule is COCCN(CCCN)C(=O)c1cn(C)nc1C. The molecule has 0 radical (unpaired) electrons. The second kappa shape index (κ2) is 7.13. The Balaban J connectivity index is 2.77. The molecule has 0 saturated heterocycles. The largest absolute Gasteiger partial charge is 0.383 e. The molecular formula is C12H22N4O2. The molecule has 1 aromatic heterocycles. The van der Waals surface area contributed by atoms with Crippen LogP contribution in [-0.4, -0.2) is 53.9 Å². The van der Waals surface area contributed by atoms with Crippen molar-refractivity contribution < 1.29 is 9.53 Å². The summed E-state index contributed by atoms with van der Waals surface area (Å²) in [4.78, 5) is 14.1. The van der Waals surface area contributed by atoms with Crippen LogP contribution in [0.3, 0.4) is 0 Å². The van der Waals surface area contributed by atoms with Crippen molar-refractivity contribution in [3.63, 3.8) is 0 Å². The van der Waals surface area contributed by atoms with Gasteiger partial charge in [0.1, 0.15) is 0 Å². The van der Waals surface area contributed by atoms with Crippen LogP contribution < -0.4 is 5.73 Å². The number of carbonyl (C=O) groups is 1. The van der Waals surface area contributed by atoms with E-state index in [1.165, 1.54) is 0 Å². The lowest BCUT2D eigenvalue weighted by Crippen LogP contribution is -2.35. The van der Waals surface area contributed by atoms with E-state index in [1.807, 2.05) is 14.0 Å². The van der Waals surface area contributed by atoms with Gasteiger partial charge in [-0.05, 0) is 19.9 Å². The smallest absolute Gasteiger partial charge is 0.257 e. The highest BCUT2D eigenvalue weighted by Crippen LogP contribution is 2.09. The fraction of sp³-hybridized carbons (Fsp3) is 0.667. The first-order valence-electron chi connectivity index (χ1n) is 6.08. The maximum absolute atomic E-state index is 12.4. The second-order valence-corrected chi connectivity index (χ2v) is 4.23. The van der Waals surface area contributed by atoms with E-state index in [1.54, 1.807) is 22.9 Å². The summed E-state index contributed by atoms with van der Waals surface area (Å²) < 4.78 is 6.68. The number of amides is 1. The minimum atomic E-state index is -0.00824. The van der Waals surface area contributed by atoms with Crippen LogP contribution in [0.2, 0.25) is 0 Å². The van der Waals surface area contributed by atoms with Gasteiger partial charge in [0, 0.05) is 33.4 Å². The predicted molar refractivity (Wildman–Crippen MR) is 69.4 cm³/mol. The number of rotatable bonds is 7. The van der Waals surface area contributed by atoms with Crippen molar-refractivity contribution in [3.8, 4) is 0 Å². The molecule has 18 heavy (non-hydrogen) atoms. The molecule has 0 aliphatic heterocycles. The number of hydrogen-bond acceptors (Lipinski definition) is 4. The number of nitrogens with two attached hydrogens (primary N) is 1. The van der Waals surface area contributed by atoms with E-state index in [-0.39, 0.29) is 5.91 Å². The summed E-state index contributed by atoms with van der Waals surface area (Å²) in [6, 6.07) is 0. The molecule has 1 rings (SSSR count). The third-order valence-corrected chi connectivity index (χ3v) is 2.73. The van der Waals surface area contributed by atoms with Gasteiger partial charge in [-0.1, -0.05) is 0 Å². The predicted octanol–water partition coefficient (Wildman–Crippen LogP) is 0.166. The Labute approximate surface area is 108 Å². The minimum absolute atomic E-state index is 0.00824. The Hall–Kier alpha value is -1.40. The minimum Gasteiger partial charge on any atom is -0.383 e. The van der Waals surface area contributed by atoms with Gasteiger partial charge in [-0.3, -0.25) is 9.48 Å². The first kappa shape index (κ1) is 14.7. The maximum Gasteiger partial charge on any atom is 0.257 e. The average Bonchev–Trinajstić information content (AvgIpc) is 2.68. The van der Waals surface area contributed by atoms with Gasteiger partial charge in [-0.2, -0.15) is 5.10 Å². The lowest BCUT2D eigenvalue weighted by Gasteiger charge is -2.21. The highest BCUT2D eigenvalue weighted by Gasteiger charge is 2.19. The Kier molecular flexibility index (Phi) is 5.80. The van der Waals surface area contributed by atoms with E-state index >= 15 is 0 Å². The summed E-state index contributed by atoms with van der Waals surface area (Å²) >= 11 is 0. The molecule has 0 spiro atoms. The van der Waals surface area contributed by atoms with Crippen LogP contribution in [0.1, 0.15) is 22.5 Å². The quantitative estimate of drug-likeness (QED) is 0.752. The number of hydrogen-bond donors (Lipinski definition) is 1. The zero-order valence-corrected chi connectivity index (χ0v) is 11.3. The first-order valence-corrected chi connectivity index (χ1v) is 6.08. The van der Waals surface area contributed by atoms with Crippen molar-refractivity contribution in [2.24, 2.45) is 12.8 Å². The van der Waals surface area contributed by atoms with Gasteiger partial charge in [0.15, 0.2) is 0 Å². The molecule has 6 nitrogen and oxygen atoms in total. The number of ether oxygens (including phenoxy) is 1. The van der Waals surface area contributed by atoms with Crippen molar-refractivity contribution in [1.82, 2.24) is 14.7 Å². The molecular weight excluding hydrogens is 232 g/mol. The van der Waals surface area contributed by atoms with Crippen LogP contribution >= 0.6 is 0 Å².